The topological polar surface area (TPSA) is 85.8 Å². The summed E-state index contributed by atoms with van der Waals surface area (Å²) >= 11 is 0. The fraction of sp³-hybridized carbons (Fsp3) is 0.174. The standard InChI is InChI=1S/C23H20F2N4O3/c24-15-5-7-17(8-6-15)28-9-11-29(12-10-28)21-19(23(31)32)13-16(14-26-21)27-22(30)18-3-1-2-4-20(18)25/h1-8,13-14H,9-12H2,(H,27,30)(H,31,32). The third-order valence-corrected chi connectivity index (χ3v) is 5.24. The van der Waals surface area contributed by atoms with Gasteiger partial charge >= 0.3 is 5.97 Å². The van der Waals surface area contributed by atoms with E-state index >= 15 is 0 Å². The molecule has 2 heterocycles. The number of piperazine rings is 1. The normalized spacial score (nSPS) is 13.7. The molecule has 7 nitrogen and oxygen atoms in total. The number of hydrogen-bond acceptors (Lipinski definition) is 5. The van der Waals surface area contributed by atoms with Gasteiger partial charge in [-0.05, 0) is 42.5 Å². The summed E-state index contributed by atoms with van der Waals surface area (Å²) < 4.78 is 27.0. The Bertz CT molecular complexity index is 1150. The maximum absolute atomic E-state index is 13.8. The number of halogens is 2. The lowest BCUT2D eigenvalue weighted by atomic mass is 10.1. The Morgan fingerprint density at radius 1 is 0.906 bits per heavy atom. The molecule has 0 atom stereocenters. The minimum atomic E-state index is -1.18. The van der Waals surface area contributed by atoms with Crippen LogP contribution < -0.4 is 15.1 Å². The van der Waals surface area contributed by atoms with Gasteiger partial charge in [-0.3, -0.25) is 4.79 Å². The number of hydrogen-bond donors (Lipinski definition) is 2. The van der Waals surface area contributed by atoms with Crippen molar-refractivity contribution in [2.45, 2.75) is 0 Å². The molecule has 1 amide bonds. The number of aromatic carboxylic acids is 1. The first kappa shape index (κ1) is 21.2. The van der Waals surface area contributed by atoms with E-state index in [2.05, 4.69) is 15.2 Å². The second-order valence-corrected chi connectivity index (χ2v) is 7.28. The molecule has 0 bridgehead atoms. The Hall–Kier alpha value is -4.01. The van der Waals surface area contributed by atoms with E-state index in [0.29, 0.717) is 32.0 Å². The van der Waals surface area contributed by atoms with Gasteiger partial charge in [-0.15, -0.1) is 0 Å². The van der Waals surface area contributed by atoms with Crippen molar-refractivity contribution in [2.24, 2.45) is 0 Å². The number of anilines is 3. The van der Waals surface area contributed by atoms with E-state index in [-0.39, 0.29) is 22.6 Å². The smallest absolute Gasteiger partial charge is 0.339 e. The van der Waals surface area contributed by atoms with E-state index in [4.69, 9.17) is 0 Å². The zero-order chi connectivity index (χ0) is 22.7. The summed E-state index contributed by atoms with van der Waals surface area (Å²) in [6.45, 7) is 2.26. The summed E-state index contributed by atoms with van der Waals surface area (Å²) in [5, 5.41) is 12.2. The van der Waals surface area contributed by atoms with Crippen LogP contribution in [-0.4, -0.2) is 48.1 Å². The van der Waals surface area contributed by atoms with E-state index in [1.807, 2.05) is 4.90 Å². The quantitative estimate of drug-likeness (QED) is 0.633. The number of carbonyl (C=O) groups excluding carboxylic acids is 1. The number of nitrogens with one attached hydrogen (secondary N) is 1. The highest BCUT2D eigenvalue weighted by Gasteiger charge is 2.24. The van der Waals surface area contributed by atoms with Gasteiger partial charge in [-0.25, -0.2) is 18.6 Å². The number of nitrogens with zero attached hydrogens (tertiary/aromatic N) is 3. The van der Waals surface area contributed by atoms with E-state index in [0.717, 1.165) is 5.69 Å². The van der Waals surface area contributed by atoms with Crippen LogP contribution >= 0.6 is 0 Å². The van der Waals surface area contributed by atoms with Crippen LogP contribution in [0.5, 0.6) is 0 Å². The SMILES string of the molecule is O=C(Nc1cnc(N2CCN(c3ccc(F)cc3)CC2)c(C(=O)O)c1)c1ccccc1F. The lowest BCUT2D eigenvalue weighted by Crippen LogP contribution is -2.47. The molecule has 0 unspecified atom stereocenters. The van der Waals surface area contributed by atoms with Crippen LogP contribution in [0.15, 0.2) is 60.8 Å². The number of pyridine rings is 1. The van der Waals surface area contributed by atoms with Crippen molar-refractivity contribution in [1.29, 1.82) is 0 Å². The lowest BCUT2D eigenvalue weighted by molar-refractivity contribution is 0.0696. The second-order valence-electron chi connectivity index (χ2n) is 7.28. The summed E-state index contributed by atoms with van der Waals surface area (Å²) in [5.41, 5.74) is 0.838. The van der Waals surface area contributed by atoms with Crippen LogP contribution in [-0.2, 0) is 0 Å². The number of aromatic nitrogens is 1. The minimum absolute atomic E-state index is 0.0634. The Morgan fingerprint density at radius 3 is 2.22 bits per heavy atom. The highest BCUT2D eigenvalue weighted by Crippen LogP contribution is 2.25. The molecule has 4 rings (SSSR count). The molecule has 0 aliphatic carbocycles. The van der Waals surface area contributed by atoms with Gasteiger partial charge in [0.2, 0.25) is 0 Å². The van der Waals surface area contributed by atoms with Crippen LogP contribution in [0.1, 0.15) is 20.7 Å². The first-order chi connectivity index (χ1) is 15.4. The summed E-state index contributed by atoms with van der Waals surface area (Å²) in [6.07, 6.45) is 1.35. The molecule has 0 spiro atoms. The van der Waals surface area contributed by atoms with Crippen LogP contribution in [0.2, 0.25) is 0 Å². The van der Waals surface area contributed by atoms with E-state index in [9.17, 15) is 23.5 Å². The Kier molecular flexibility index (Phi) is 5.98. The Balaban J connectivity index is 1.49. The molecule has 0 radical (unpaired) electrons. The van der Waals surface area contributed by atoms with Crippen molar-refractivity contribution in [3.8, 4) is 0 Å². The molecule has 1 saturated heterocycles. The molecule has 1 aromatic heterocycles. The molecular formula is C23H20F2N4O3. The Morgan fingerprint density at radius 2 is 1.56 bits per heavy atom. The summed E-state index contributed by atoms with van der Waals surface area (Å²) in [4.78, 5) is 32.4. The Labute approximate surface area is 182 Å². The van der Waals surface area contributed by atoms with E-state index in [1.165, 1.54) is 48.7 Å². The van der Waals surface area contributed by atoms with Gasteiger partial charge in [-0.2, -0.15) is 0 Å². The second kappa shape index (κ2) is 9.01. The van der Waals surface area contributed by atoms with Gasteiger partial charge in [0.05, 0.1) is 17.4 Å². The lowest BCUT2D eigenvalue weighted by Gasteiger charge is -2.37. The molecule has 164 valence electrons. The largest absolute Gasteiger partial charge is 0.478 e. The van der Waals surface area contributed by atoms with Gasteiger partial charge < -0.3 is 20.2 Å². The number of carboxylic acid groups (broad SMARTS) is 1. The number of rotatable bonds is 5. The van der Waals surface area contributed by atoms with Crippen LogP contribution in [0.25, 0.3) is 0 Å². The monoisotopic (exact) mass is 438 g/mol. The molecule has 2 aromatic carbocycles. The average molecular weight is 438 g/mol. The molecular weight excluding hydrogens is 418 g/mol. The zero-order valence-corrected chi connectivity index (χ0v) is 17.0. The van der Waals surface area contributed by atoms with Crippen molar-refractivity contribution in [2.75, 3.05) is 41.3 Å². The van der Waals surface area contributed by atoms with Crippen LogP contribution in [0.3, 0.4) is 0 Å². The molecule has 32 heavy (non-hydrogen) atoms. The van der Waals surface area contributed by atoms with Crippen molar-refractivity contribution >= 4 is 29.1 Å². The molecule has 1 fully saturated rings. The molecule has 1 aliphatic heterocycles. The van der Waals surface area contributed by atoms with Crippen molar-refractivity contribution in [3.05, 3.63) is 83.6 Å². The van der Waals surface area contributed by atoms with Gasteiger partial charge in [0.1, 0.15) is 23.0 Å². The maximum atomic E-state index is 13.8. The van der Waals surface area contributed by atoms with Gasteiger partial charge in [0.15, 0.2) is 0 Å². The van der Waals surface area contributed by atoms with E-state index in [1.54, 1.807) is 12.1 Å². The van der Waals surface area contributed by atoms with Crippen LogP contribution in [0.4, 0.5) is 26.0 Å². The summed E-state index contributed by atoms with van der Waals surface area (Å²) in [5.74, 6) is -2.56. The summed E-state index contributed by atoms with van der Waals surface area (Å²) in [6, 6.07) is 13.1. The number of benzene rings is 2. The number of amides is 1. The van der Waals surface area contributed by atoms with Gasteiger partial charge in [-0.1, -0.05) is 12.1 Å². The van der Waals surface area contributed by atoms with Crippen molar-refractivity contribution in [1.82, 2.24) is 4.98 Å². The average Bonchev–Trinajstić information content (AvgIpc) is 2.80. The fourth-order valence-corrected chi connectivity index (χ4v) is 3.61. The highest BCUT2D eigenvalue weighted by atomic mass is 19.1. The molecule has 0 saturated carbocycles. The van der Waals surface area contributed by atoms with Crippen molar-refractivity contribution < 1.29 is 23.5 Å². The maximum Gasteiger partial charge on any atom is 0.339 e. The van der Waals surface area contributed by atoms with Gasteiger partial charge in [0.25, 0.3) is 5.91 Å². The fourth-order valence-electron chi connectivity index (χ4n) is 3.61. The molecule has 3 aromatic rings. The first-order valence-electron chi connectivity index (χ1n) is 9.97. The molecule has 2 N–H and O–H groups in total. The molecule has 1 aliphatic rings. The predicted octanol–water partition coefficient (Wildman–Crippen LogP) is 3.64. The summed E-state index contributed by atoms with van der Waals surface area (Å²) in [7, 11) is 0. The van der Waals surface area contributed by atoms with E-state index < -0.39 is 17.7 Å². The number of carbonyl (C=O) groups is 2. The first-order valence-corrected chi connectivity index (χ1v) is 9.97. The predicted molar refractivity (Wildman–Crippen MR) is 116 cm³/mol. The minimum Gasteiger partial charge on any atom is -0.478 e. The number of carboxylic acids is 1. The third kappa shape index (κ3) is 4.51. The van der Waals surface area contributed by atoms with Crippen LogP contribution in [0, 0.1) is 11.6 Å². The highest BCUT2D eigenvalue weighted by molar-refractivity contribution is 6.05. The van der Waals surface area contributed by atoms with Gasteiger partial charge in [0, 0.05) is 31.9 Å². The molecule has 9 heteroatoms. The zero-order valence-electron chi connectivity index (χ0n) is 17.0. The van der Waals surface area contributed by atoms with Crippen molar-refractivity contribution in [3.63, 3.8) is 0 Å². The third-order valence-electron chi connectivity index (χ3n) is 5.24.